The third kappa shape index (κ3) is 4.17. The highest BCUT2D eigenvalue weighted by molar-refractivity contribution is 6.00. The van der Waals surface area contributed by atoms with Crippen molar-refractivity contribution in [2.45, 2.75) is 20.4 Å². The number of carbonyl (C=O) groups is 2. The Balaban J connectivity index is 1.71. The van der Waals surface area contributed by atoms with Gasteiger partial charge >= 0.3 is 5.97 Å². The van der Waals surface area contributed by atoms with Crippen LogP contribution in [0.15, 0.2) is 54.6 Å². The van der Waals surface area contributed by atoms with Crippen LogP contribution in [0.5, 0.6) is 0 Å². The Morgan fingerprint density at radius 2 is 1.64 bits per heavy atom. The number of aryl methyl sites for hydroxylation is 1. The van der Waals surface area contributed by atoms with Gasteiger partial charge in [0.25, 0.3) is 0 Å². The third-order valence-corrected chi connectivity index (χ3v) is 4.56. The average molecular weight is 383 g/mol. The van der Waals surface area contributed by atoms with Crippen molar-refractivity contribution in [3.05, 3.63) is 94.3 Å². The number of esters is 1. The van der Waals surface area contributed by atoms with Crippen molar-refractivity contribution < 1.29 is 23.1 Å². The lowest BCUT2D eigenvalue weighted by atomic mass is 10.1. The molecule has 6 heteroatoms. The molecule has 0 saturated carbocycles. The average Bonchev–Trinajstić information content (AvgIpc) is 2.96. The van der Waals surface area contributed by atoms with E-state index in [1.165, 1.54) is 30.3 Å². The number of Topliss-reactive ketones (excluding diaryl/α,β-unsaturated/α-hetero) is 1. The molecule has 144 valence electrons. The van der Waals surface area contributed by atoms with Gasteiger partial charge in [0.15, 0.2) is 6.61 Å². The van der Waals surface area contributed by atoms with Crippen LogP contribution in [-0.2, 0) is 11.3 Å². The predicted molar refractivity (Wildman–Crippen MR) is 100 cm³/mol. The van der Waals surface area contributed by atoms with E-state index in [-0.39, 0.29) is 17.2 Å². The minimum absolute atomic E-state index is 0.211. The molecule has 0 saturated heterocycles. The van der Waals surface area contributed by atoms with E-state index in [4.69, 9.17) is 4.74 Å². The molecule has 0 radical (unpaired) electrons. The Labute approximate surface area is 161 Å². The molecule has 2 aromatic carbocycles. The molecule has 28 heavy (non-hydrogen) atoms. The van der Waals surface area contributed by atoms with Crippen LogP contribution in [0.4, 0.5) is 8.78 Å². The van der Waals surface area contributed by atoms with Crippen LogP contribution in [0.1, 0.15) is 37.7 Å². The number of aromatic nitrogens is 1. The number of ether oxygens (including phenoxy) is 1. The first-order valence-corrected chi connectivity index (χ1v) is 8.73. The van der Waals surface area contributed by atoms with Gasteiger partial charge in [0.2, 0.25) is 5.78 Å². The zero-order valence-electron chi connectivity index (χ0n) is 15.5. The Morgan fingerprint density at radius 3 is 2.32 bits per heavy atom. The molecule has 0 spiro atoms. The summed E-state index contributed by atoms with van der Waals surface area (Å²) in [6, 6.07) is 13.3. The standard InChI is InChI=1S/C22H19F2NO3/c1-14-11-19(15(2)25(14)12-16-7-9-17(23)10-8-16)21(26)13-28-22(27)18-5-3-4-6-20(18)24/h3-11H,12-13H2,1-2H3. The summed E-state index contributed by atoms with van der Waals surface area (Å²) in [7, 11) is 0. The van der Waals surface area contributed by atoms with Gasteiger partial charge < -0.3 is 9.30 Å². The van der Waals surface area contributed by atoms with Gasteiger partial charge in [-0.15, -0.1) is 0 Å². The summed E-state index contributed by atoms with van der Waals surface area (Å²) in [5, 5.41) is 0. The molecular weight excluding hydrogens is 364 g/mol. The van der Waals surface area contributed by atoms with Crippen molar-refractivity contribution in [3.63, 3.8) is 0 Å². The summed E-state index contributed by atoms with van der Waals surface area (Å²) in [5.41, 5.74) is 2.69. The van der Waals surface area contributed by atoms with Crippen molar-refractivity contribution in [1.82, 2.24) is 4.57 Å². The van der Waals surface area contributed by atoms with Gasteiger partial charge in [-0.25, -0.2) is 13.6 Å². The summed E-state index contributed by atoms with van der Waals surface area (Å²) in [5.74, 6) is -2.26. The Bertz CT molecular complexity index is 1020. The normalized spacial score (nSPS) is 10.7. The smallest absolute Gasteiger partial charge is 0.341 e. The number of ketones is 1. The first-order chi connectivity index (χ1) is 13.4. The topological polar surface area (TPSA) is 48.3 Å². The number of rotatable bonds is 6. The Kier molecular flexibility index (Phi) is 5.68. The maximum absolute atomic E-state index is 13.6. The highest BCUT2D eigenvalue weighted by atomic mass is 19.1. The van der Waals surface area contributed by atoms with E-state index in [0.717, 1.165) is 17.3 Å². The Morgan fingerprint density at radius 1 is 0.964 bits per heavy atom. The van der Waals surface area contributed by atoms with Gasteiger partial charge in [0, 0.05) is 23.5 Å². The number of carbonyl (C=O) groups excluding carboxylic acids is 2. The van der Waals surface area contributed by atoms with Crippen LogP contribution >= 0.6 is 0 Å². The molecule has 3 rings (SSSR count). The lowest BCUT2D eigenvalue weighted by molar-refractivity contribution is 0.0470. The molecule has 0 unspecified atom stereocenters. The van der Waals surface area contributed by atoms with E-state index >= 15 is 0 Å². The summed E-state index contributed by atoms with van der Waals surface area (Å²) < 4.78 is 33.6. The number of benzene rings is 2. The van der Waals surface area contributed by atoms with E-state index in [1.54, 1.807) is 25.1 Å². The number of hydrogen-bond acceptors (Lipinski definition) is 3. The van der Waals surface area contributed by atoms with Crippen molar-refractivity contribution in [2.24, 2.45) is 0 Å². The monoisotopic (exact) mass is 383 g/mol. The number of nitrogens with zero attached hydrogens (tertiary/aromatic N) is 1. The highest BCUT2D eigenvalue weighted by Gasteiger charge is 2.19. The minimum Gasteiger partial charge on any atom is -0.454 e. The third-order valence-electron chi connectivity index (χ3n) is 4.56. The van der Waals surface area contributed by atoms with Crippen molar-refractivity contribution >= 4 is 11.8 Å². The second-order valence-corrected chi connectivity index (χ2v) is 6.48. The second kappa shape index (κ2) is 8.17. The molecule has 0 atom stereocenters. The maximum atomic E-state index is 13.6. The number of halogens is 2. The van der Waals surface area contributed by atoms with Crippen LogP contribution in [0.25, 0.3) is 0 Å². The molecule has 0 aliphatic carbocycles. The van der Waals surface area contributed by atoms with E-state index in [2.05, 4.69) is 0 Å². The number of hydrogen-bond donors (Lipinski definition) is 0. The molecule has 0 aliphatic heterocycles. The quantitative estimate of drug-likeness (QED) is 0.466. The van der Waals surface area contributed by atoms with E-state index in [9.17, 15) is 18.4 Å². The van der Waals surface area contributed by atoms with E-state index < -0.39 is 18.4 Å². The molecule has 0 amide bonds. The van der Waals surface area contributed by atoms with Gasteiger partial charge in [-0.1, -0.05) is 24.3 Å². The van der Waals surface area contributed by atoms with Crippen LogP contribution in [-0.4, -0.2) is 22.9 Å². The van der Waals surface area contributed by atoms with Crippen molar-refractivity contribution in [3.8, 4) is 0 Å². The van der Waals surface area contributed by atoms with Crippen LogP contribution in [0.3, 0.4) is 0 Å². The SMILES string of the molecule is Cc1cc(C(=O)COC(=O)c2ccccc2F)c(C)n1Cc1ccc(F)cc1. The molecule has 0 bridgehead atoms. The molecule has 3 aromatic rings. The lowest BCUT2D eigenvalue weighted by Gasteiger charge is -2.10. The molecule has 0 aliphatic rings. The fourth-order valence-electron chi connectivity index (χ4n) is 3.01. The highest BCUT2D eigenvalue weighted by Crippen LogP contribution is 2.18. The van der Waals surface area contributed by atoms with Crippen molar-refractivity contribution in [1.29, 1.82) is 0 Å². The zero-order chi connectivity index (χ0) is 20.3. The first-order valence-electron chi connectivity index (χ1n) is 8.73. The molecule has 1 heterocycles. The van der Waals surface area contributed by atoms with Gasteiger partial charge in [0.1, 0.15) is 11.6 Å². The molecule has 0 N–H and O–H groups in total. The van der Waals surface area contributed by atoms with Crippen molar-refractivity contribution in [2.75, 3.05) is 6.61 Å². The lowest BCUT2D eigenvalue weighted by Crippen LogP contribution is -2.16. The van der Waals surface area contributed by atoms with Gasteiger partial charge in [-0.2, -0.15) is 0 Å². The summed E-state index contributed by atoms with van der Waals surface area (Å²) in [6.07, 6.45) is 0. The van der Waals surface area contributed by atoms with Gasteiger partial charge in [-0.05, 0) is 49.7 Å². The van der Waals surface area contributed by atoms with Crippen LogP contribution in [0.2, 0.25) is 0 Å². The fraction of sp³-hybridized carbons (Fsp3) is 0.182. The zero-order valence-corrected chi connectivity index (χ0v) is 15.5. The fourth-order valence-corrected chi connectivity index (χ4v) is 3.01. The predicted octanol–water partition coefficient (Wildman–Crippen LogP) is 4.47. The largest absolute Gasteiger partial charge is 0.454 e. The van der Waals surface area contributed by atoms with Gasteiger partial charge in [0.05, 0.1) is 5.56 Å². The minimum atomic E-state index is -0.883. The molecule has 1 aromatic heterocycles. The van der Waals surface area contributed by atoms with Crippen LogP contribution in [0, 0.1) is 25.5 Å². The second-order valence-electron chi connectivity index (χ2n) is 6.48. The van der Waals surface area contributed by atoms with Crippen LogP contribution < -0.4 is 0 Å². The molecular formula is C22H19F2NO3. The molecule has 4 nitrogen and oxygen atoms in total. The van der Waals surface area contributed by atoms with E-state index in [0.29, 0.717) is 17.8 Å². The summed E-state index contributed by atoms with van der Waals surface area (Å²) in [6.45, 7) is 3.66. The van der Waals surface area contributed by atoms with E-state index in [1.807, 2.05) is 11.5 Å². The maximum Gasteiger partial charge on any atom is 0.341 e. The van der Waals surface area contributed by atoms with Gasteiger partial charge in [-0.3, -0.25) is 4.79 Å². The summed E-state index contributed by atoms with van der Waals surface area (Å²) in [4.78, 5) is 24.5. The first kappa shape index (κ1) is 19.5. The summed E-state index contributed by atoms with van der Waals surface area (Å²) >= 11 is 0. The Hall–Kier alpha value is -3.28. The molecule has 0 fully saturated rings.